The first-order chi connectivity index (χ1) is 16.9. The van der Waals surface area contributed by atoms with E-state index < -0.39 is 24.0 Å². The lowest BCUT2D eigenvalue weighted by molar-refractivity contribution is -0.0765. The van der Waals surface area contributed by atoms with E-state index in [9.17, 15) is 10.2 Å². The Morgan fingerprint density at radius 3 is 2.80 bits per heavy atom. The second-order valence-electron chi connectivity index (χ2n) is 8.58. The molecule has 11 heteroatoms. The molecule has 0 bridgehead atoms. The summed E-state index contributed by atoms with van der Waals surface area (Å²) in [6.45, 7) is 1.97. The third-order valence-electron chi connectivity index (χ3n) is 6.22. The molecule has 4 heterocycles. The number of benzene rings is 1. The van der Waals surface area contributed by atoms with Gasteiger partial charge < -0.3 is 29.0 Å². The van der Waals surface area contributed by atoms with Crippen LogP contribution in [-0.4, -0.2) is 68.4 Å². The van der Waals surface area contributed by atoms with E-state index in [4.69, 9.17) is 19.0 Å². The van der Waals surface area contributed by atoms with Crippen molar-refractivity contribution < 1.29 is 29.3 Å². The number of anilines is 1. The van der Waals surface area contributed by atoms with Crippen molar-refractivity contribution in [1.29, 1.82) is 0 Å². The molecule has 3 aromatic heterocycles. The van der Waals surface area contributed by atoms with E-state index in [0.29, 0.717) is 29.2 Å². The van der Waals surface area contributed by atoms with Crippen molar-refractivity contribution in [3.05, 3.63) is 54.6 Å². The Bertz CT molecular complexity index is 1340. The van der Waals surface area contributed by atoms with E-state index in [-0.39, 0.29) is 6.61 Å². The zero-order chi connectivity index (χ0) is 24.6. The predicted molar refractivity (Wildman–Crippen MR) is 127 cm³/mol. The number of aliphatic hydroxyl groups is 2. The van der Waals surface area contributed by atoms with Crippen molar-refractivity contribution in [3.63, 3.8) is 0 Å². The van der Waals surface area contributed by atoms with Gasteiger partial charge in [0, 0.05) is 24.8 Å². The summed E-state index contributed by atoms with van der Waals surface area (Å²) >= 11 is 0. The van der Waals surface area contributed by atoms with Gasteiger partial charge >= 0.3 is 0 Å². The molecule has 3 N–H and O–H groups in total. The topological polar surface area (TPSA) is 133 Å². The van der Waals surface area contributed by atoms with Gasteiger partial charge in [0.2, 0.25) is 0 Å². The summed E-state index contributed by atoms with van der Waals surface area (Å²) in [4.78, 5) is 18.0. The van der Waals surface area contributed by atoms with Gasteiger partial charge in [0.05, 0.1) is 30.3 Å². The Balaban J connectivity index is 1.35. The number of aromatic nitrogens is 4. The Hall–Kier alpha value is -3.35. The van der Waals surface area contributed by atoms with E-state index >= 15 is 0 Å². The summed E-state index contributed by atoms with van der Waals surface area (Å²) < 4.78 is 18.9. The maximum absolute atomic E-state index is 11.1. The molecule has 1 aliphatic rings. The first-order valence-corrected chi connectivity index (χ1v) is 11.1. The minimum Gasteiger partial charge on any atom is -0.491 e. The minimum atomic E-state index is -1.57. The second-order valence-corrected chi connectivity index (χ2v) is 8.58. The van der Waals surface area contributed by atoms with Gasteiger partial charge in [-0.05, 0) is 31.2 Å². The van der Waals surface area contributed by atoms with Crippen molar-refractivity contribution in [2.45, 2.75) is 37.6 Å². The number of aliphatic hydroxyl groups excluding tert-OH is 1. The highest BCUT2D eigenvalue weighted by atomic mass is 16.6. The molecular weight excluding hydrogens is 454 g/mol. The first-order valence-electron chi connectivity index (χ1n) is 11.1. The number of hydrogen-bond donors (Lipinski definition) is 3. The zero-order valence-electron chi connectivity index (χ0n) is 19.6. The number of rotatable bonds is 8. The maximum atomic E-state index is 11.1. The van der Waals surface area contributed by atoms with Crippen LogP contribution in [0.3, 0.4) is 0 Å². The van der Waals surface area contributed by atoms with Crippen LogP contribution in [0.4, 0.5) is 5.82 Å². The highest BCUT2D eigenvalue weighted by Crippen LogP contribution is 2.39. The highest BCUT2D eigenvalue weighted by Gasteiger charge is 2.53. The Kier molecular flexibility index (Phi) is 6.26. The molecule has 0 saturated carbocycles. The van der Waals surface area contributed by atoms with Crippen molar-refractivity contribution in [1.82, 2.24) is 19.5 Å². The number of nitrogens with one attached hydrogen (secondary N) is 1. The third-order valence-corrected chi connectivity index (χ3v) is 6.22. The van der Waals surface area contributed by atoms with Gasteiger partial charge in [-0.15, -0.1) is 0 Å². The standard InChI is InChI=1S/C24H27N5O6/c1-24(31)19(12-34-16-7-5-14-4-6-15(11-32-2)27-18(14)10-16)35-23(20(24)30)29-9-8-17-21(28-33-3)25-13-26-22(17)29/h4-10,13,19-20,23,30-31H,11-12H2,1-3H3,(H,25,26,28)/t19-,20+,23-,24-/m1/s1. The molecule has 4 aromatic rings. The van der Waals surface area contributed by atoms with Crippen LogP contribution in [0.15, 0.2) is 48.9 Å². The van der Waals surface area contributed by atoms with Crippen LogP contribution in [-0.2, 0) is 20.9 Å². The number of hydrogen-bond acceptors (Lipinski definition) is 10. The third kappa shape index (κ3) is 4.28. The van der Waals surface area contributed by atoms with Crippen molar-refractivity contribution in [3.8, 4) is 5.75 Å². The SMILES string of the molecule is COCc1ccc2ccc(OC[C@H]3O[C@@H](n4ccc5c(NOC)ncnc54)[C@H](O)[C@]3(C)O)cc2n1. The van der Waals surface area contributed by atoms with E-state index in [1.54, 1.807) is 23.9 Å². The zero-order valence-corrected chi connectivity index (χ0v) is 19.6. The summed E-state index contributed by atoms with van der Waals surface area (Å²) in [5.74, 6) is 1.06. The fraction of sp³-hybridized carbons (Fsp3) is 0.375. The summed E-state index contributed by atoms with van der Waals surface area (Å²) in [6, 6.07) is 11.2. The molecule has 5 rings (SSSR count). The number of nitrogens with zero attached hydrogens (tertiary/aromatic N) is 4. The molecule has 1 fully saturated rings. The number of ether oxygens (including phenoxy) is 3. The van der Waals surface area contributed by atoms with Crippen LogP contribution in [0, 0.1) is 0 Å². The number of pyridine rings is 1. The minimum absolute atomic E-state index is 0.0223. The first kappa shape index (κ1) is 23.4. The van der Waals surface area contributed by atoms with Gasteiger partial charge in [-0.3, -0.25) is 9.82 Å². The molecule has 0 radical (unpaired) electrons. The molecule has 4 atom stereocenters. The Labute approximate surface area is 201 Å². The average Bonchev–Trinajstić information content (AvgIpc) is 3.37. The van der Waals surface area contributed by atoms with Crippen LogP contribution in [0.5, 0.6) is 5.75 Å². The Morgan fingerprint density at radius 2 is 2.00 bits per heavy atom. The van der Waals surface area contributed by atoms with Gasteiger partial charge in [-0.1, -0.05) is 6.07 Å². The maximum Gasteiger partial charge on any atom is 0.164 e. The van der Waals surface area contributed by atoms with Crippen molar-refractivity contribution in [2.75, 3.05) is 26.3 Å². The lowest BCUT2D eigenvalue weighted by atomic mass is 9.95. The number of methoxy groups -OCH3 is 1. The van der Waals surface area contributed by atoms with E-state index in [0.717, 1.165) is 16.6 Å². The lowest BCUT2D eigenvalue weighted by Crippen LogP contribution is -2.47. The molecule has 0 amide bonds. The van der Waals surface area contributed by atoms with E-state index in [1.807, 2.05) is 30.3 Å². The molecule has 11 nitrogen and oxygen atoms in total. The van der Waals surface area contributed by atoms with Crippen LogP contribution >= 0.6 is 0 Å². The fourth-order valence-electron chi connectivity index (χ4n) is 4.27. The predicted octanol–water partition coefficient (Wildman–Crippen LogP) is 2.19. The van der Waals surface area contributed by atoms with Crippen molar-refractivity contribution in [2.24, 2.45) is 0 Å². The molecular formula is C24H27N5O6. The summed E-state index contributed by atoms with van der Waals surface area (Å²) in [6.07, 6.45) is 0.194. The fourth-order valence-corrected chi connectivity index (χ4v) is 4.27. The molecule has 0 unspecified atom stereocenters. The van der Waals surface area contributed by atoms with Gasteiger partial charge in [0.25, 0.3) is 0 Å². The van der Waals surface area contributed by atoms with Crippen molar-refractivity contribution >= 4 is 27.8 Å². The Morgan fingerprint density at radius 1 is 1.17 bits per heavy atom. The smallest absolute Gasteiger partial charge is 0.164 e. The molecule has 35 heavy (non-hydrogen) atoms. The molecule has 0 spiro atoms. The summed E-state index contributed by atoms with van der Waals surface area (Å²) in [5.41, 5.74) is 3.25. The van der Waals surface area contributed by atoms with Crippen LogP contribution in [0.1, 0.15) is 18.8 Å². The van der Waals surface area contributed by atoms with E-state index in [1.165, 1.54) is 20.4 Å². The van der Waals surface area contributed by atoms with Gasteiger partial charge in [-0.2, -0.15) is 0 Å². The average molecular weight is 482 g/mol. The number of fused-ring (bicyclic) bond motifs is 2. The van der Waals surface area contributed by atoms with Crippen LogP contribution in [0.2, 0.25) is 0 Å². The summed E-state index contributed by atoms with van der Waals surface area (Å²) in [7, 11) is 3.11. The molecule has 1 saturated heterocycles. The molecule has 1 aliphatic heterocycles. The largest absolute Gasteiger partial charge is 0.491 e. The molecule has 184 valence electrons. The highest BCUT2D eigenvalue weighted by molar-refractivity contribution is 5.87. The van der Waals surface area contributed by atoms with Crippen LogP contribution < -0.4 is 10.2 Å². The van der Waals surface area contributed by atoms with Crippen LogP contribution in [0.25, 0.3) is 21.9 Å². The quantitative estimate of drug-likeness (QED) is 0.322. The van der Waals surface area contributed by atoms with E-state index in [2.05, 4.69) is 20.4 Å². The summed E-state index contributed by atoms with van der Waals surface area (Å²) in [5, 5.41) is 23.7. The monoisotopic (exact) mass is 481 g/mol. The lowest BCUT2D eigenvalue weighted by Gasteiger charge is -2.26. The van der Waals surface area contributed by atoms with Gasteiger partial charge in [0.1, 0.15) is 42.1 Å². The normalized spacial score (nSPS) is 24.3. The van der Waals surface area contributed by atoms with Gasteiger partial charge in [0.15, 0.2) is 12.0 Å². The van der Waals surface area contributed by atoms with Gasteiger partial charge in [-0.25, -0.2) is 15.4 Å². The second kappa shape index (κ2) is 9.36. The molecule has 0 aliphatic carbocycles. The molecule has 1 aromatic carbocycles.